The number of nitrogens with zero attached hydrogens (tertiary/aromatic N) is 5. The summed E-state index contributed by atoms with van der Waals surface area (Å²) in [6, 6.07) is 63.2. The van der Waals surface area contributed by atoms with Gasteiger partial charge in [0.05, 0.1) is 4.11 Å². The van der Waals surface area contributed by atoms with E-state index in [9.17, 15) is 2.74 Å². The zero-order valence-electron chi connectivity index (χ0n) is 39.4. The van der Waals surface area contributed by atoms with Gasteiger partial charge in [0.15, 0.2) is 0 Å². The van der Waals surface area contributed by atoms with Crippen LogP contribution in [0.25, 0.3) is 66.9 Å². The average Bonchev–Trinajstić information content (AvgIpc) is 3.88. The van der Waals surface area contributed by atoms with Crippen LogP contribution in [0.1, 0.15) is 30.4 Å². The number of hydrogen-bond donors (Lipinski definition) is 0. The van der Waals surface area contributed by atoms with Crippen molar-refractivity contribution in [1.82, 2.24) is 14.1 Å². The van der Waals surface area contributed by atoms with Crippen molar-refractivity contribution < 1.29 is 28.2 Å². The number of hydrogen-bond acceptors (Lipinski definition) is 4. The minimum atomic E-state index is -0.402. The van der Waals surface area contributed by atoms with Crippen LogP contribution in [0.2, 0.25) is 0 Å². The second-order valence-corrected chi connectivity index (χ2v) is 19.1. The Hall–Kier alpha value is -7.47. The molecule has 13 rings (SSSR count). The molecule has 2 aromatic heterocycles. The summed E-state index contributed by atoms with van der Waals surface area (Å²) in [6.07, 6.45) is 0. The van der Waals surface area contributed by atoms with Crippen molar-refractivity contribution in [3.8, 4) is 67.5 Å². The summed E-state index contributed by atoms with van der Waals surface area (Å²) in [5.41, 5.74) is 16.7. The van der Waals surface area contributed by atoms with Gasteiger partial charge in [0.25, 0.3) is 0 Å². The predicted octanol–water partition coefficient (Wildman–Crippen LogP) is 14.0. The number of pyridine rings is 1. The van der Waals surface area contributed by atoms with Gasteiger partial charge in [-0.1, -0.05) is 42.4 Å². The van der Waals surface area contributed by atoms with E-state index in [4.69, 9.17) is 11.1 Å². The van der Waals surface area contributed by atoms with E-state index in [-0.39, 0.29) is 23.5 Å². The molecule has 0 saturated heterocycles. The number of ether oxygens (including phenoxy) is 1. The molecular formula is C58H42BN5OPt. The van der Waals surface area contributed by atoms with Crippen LogP contribution in [-0.2, 0) is 24.8 Å². The van der Waals surface area contributed by atoms with Gasteiger partial charge in [-0.2, -0.15) is 0 Å². The number of anilines is 4. The monoisotopic (exact) mass is 1030 g/mol. The van der Waals surface area contributed by atoms with E-state index < -0.39 is 6.98 Å². The van der Waals surface area contributed by atoms with Gasteiger partial charge in [-0.15, -0.1) is 0 Å². The molecule has 0 fully saturated rings. The molecule has 3 aliphatic heterocycles. The average molecular weight is 1030 g/mol. The first-order chi connectivity index (χ1) is 33.6. The van der Waals surface area contributed by atoms with E-state index in [0.29, 0.717) is 28.6 Å². The zero-order valence-corrected chi connectivity index (χ0v) is 38.6. The normalized spacial score (nSPS) is 13.7. The molecule has 0 unspecified atom stereocenters. The van der Waals surface area contributed by atoms with E-state index >= 15 is 0 Å². The van der Waals surface area contributed by atoms with Crippen molar-refractivity contribution in [2.24, 2.45) is 0 Å². The van der Waals surface area contributed by atoms with Crippen LogP contribution in [0, 0.1) is 3.80 Å². The second kappa shape index (κ2) is 14.8. The first-order valence-electron chi connectivity index (χ1n) is 23.7. The van der Waals surface area contributed by atoms with Crippen LogP contribution in [0.4, 0.5) is 22.9 Å². The van der Waals surface area contributed by atoms with Crippen molar-refractivity contribution in [2.45, 2.75) is 26.2 Å². The third-order valence-electron chi connectivity index (χ3n) is 13.2. The molecule has 8 heteroatoms. The molecule has 318 valence electrons. The number of imidazole rings is 1. The van der Waals surface area contributed by atoms with Crippen molar-refractivity contribution in [1.29, 1.82) is 0 Å². The Morgan fingerprint density at radius 3 is 1.95 bits per heavy atom. The summed E-state index contributed by atoms with van der Waals surface area (Å²) in [5, 5.41) is 0. The second-order valence-electron chi connectivity index (χ2n) is 18.1. The van der Waals surface area contributed by atoms with Gasteiger partial charge in [0.2, 0.25) is 0 Å². The van der Waals surface area contributed by atoms with Crippen LogP contribution in [0.15, 0.2) is 200 Å². The standard InChI is InChI=1S/C58H42BN5O.Pt/c1-58(2,3)40-20-13-19-39(35-40)44-25-15-24-43(38-17-5-4-6-18-38)56(44)62-37-61(50-29-9-10-30-51(50)62)41-21-14-22-42(36-41)65-54-34-33-48-47-27-16-26-46-45-23-7-8-28-49(45)63-52-31-11-12-32-53(52)64(57(48)60-54)59(63)55(46)47;/h4-36H,1-3H3;/i16D,26D,27D;. The molecule has 10 aromatic rings. The van der Waals surface area contributed by atoms with Gasteiger partial charge in [-0.25, -0.2) is 0 Å². The molecule has 0 amide bonds. The summed E-state index contributed by atoms with van der Waals surface area (Å²) in [4.78, 5) is 9.78. The third kappa shape index (κ3) is 5.86. The number of rotatable bonds is 6. The number of benzene rings is 8. The van der Waals surface area contributed by atoms with Gasteiger partial charge in [0, 0.05) is 11.3 Å². The fourth-order valence-electron chi connectivity index (χ4n) is 10.3. The van der Waals surface area contributed by atoms with Crippen molar-refractivity contribution in [3.63, 3.8) is 0 Å². The molecule has 0 bridgehead atoms. The summed E-state index contributed by atoms with van der Waals surface area (Å²) < 4.78 is 40.0. The maximum atomic E-state index is 9.33. The molecule has 0 N–H and O–H groups in total. The summed E-state index contributed by atoms with van der Waals surface area (Å²) >= 11 is 2.48. The van der Waals surface area contributed by atoms with Crippen LogP contribution in [0.5, 0.6) is 11.6 Å². The third-order valence-corrected chi connectivity index (χ3v) is 14.2. The van der Waals surface area contributed by atoms with Crippen molar-refractivity contribution >= 4 is 46.4 Å². The zero-order chi connectivity index (χ0) is 46.9. The van der Waals surface area contributed by atoms with Crippen LogP contribution >= 0.6 is 0 Å². The topological polar surface area (TPSA) is 38.5 Å². The van der Waals surface area contributed by atoms with Crippen molar-refractivity contribution in [3.05, 3.63) is 209 Å². The van der Waals surface area contributed by atoms with Gasteiger partial charge >= 0.3 is 326 Å². The number of para-hydroxylation sites is 6. The Kier molecular flexibility index (Phi) is 8.03. The van der Waals surface area contributed by atoms with Crippen LogP contribution in [0.3, 0.4) is 0 Å². The number of fused-ring (bicyclic) bond motifs is 10. The van der Waals surface area contributed by atoms with E-state index in [1.165, 1.54) is 5.56 Å². The quantitative estimate of drug-likeness (QED) is 0.156. The fraction of sp³-hybridized carbons (Fsp3) is 0.0690. The molecule has 0 aliphatic carbocycles. The first kappa shape index (κ1) is 35.8. The summed E-state index contributed by atoms with van der Waals surface area (Å²) in [7, 11) is 0. The van der Waals surface area contributed by atoms with E-state index in [0.717, 1.165) is 82.1 Å². The van der Waals surface area contributed by atoms with Gasteiger partial charge in [-0.3, -0.25) is 0 Å². The SMILES string of the molecule is [2H]c1c([2H])c2c3c(c1[2H])-c1ccc(Oc4cccc(-n5[c](=[Pt])n(-c6c(-c7ccccc7)cccc6-c6cccc(C(C)(C)C)c6)c6ccccc65)c4)nc1N1B3N(c3ccccc3-2)c2ccccc21. The minimum absolute atomic E-state index is 0.0179. The summed E-state index contributed by atoms with van der Waals surface area (Å²) in [5.74, 6) is 1.66. The Bertz CT molecular complexity index is 3860. The Morgan fingerprint density at radius 1 is 0.545 bits per heavy atom. The molecule has 0 saturated carbocycles. The van der Waals surface area contributed by atoms with E-state index in [1.807, 2.05) is 54.6 Å². The molecule has 0 atom stereocenters. The summed E-state index contributed by atoms with van der Waals surface area (Å²) in [6.45, 7) is 6.38. The van der Waals surface area contributed by atoms with Gasteiger partial charge in [-0.05, 0) is 17.7 Å². The maximum absolute atomic E-state index is 9.33. The molecule has 3 aliphatic rings. The molecule has 8 aromatic carbocycles. The molecular weight excluding hydrogens is 989 g/mol. The van der Waals surface area contributed by atoms with E-state index in [1.54, 1.807) is 0 Å². The van der Waals surface area contributed by atoms with Crippen LogP contribution < -0.4 is 19.8 Å². The molecule has 5 heterocycles. The molecule has 6 nitrogen and oxygen atoms in total. The Balaban J connectivity index is 0.952. The molecule has 0 radical (unpaired) electrons. The first-order valence-corrected chi connectivity index (χ1v) is 23.4. The Labute approximate surface area is 399 Å². The molecule has 0 spiro atoms. The predicted molar refractivity (Wildman–Crippen MR) is 267 cm³/mol. The van der Waals surface area contributed by atoms with E-state index in [2.05, 4.69) is 186 Å². The van der Waals surface area contributed by atoms with Crippen molar-refractivity contribution in [2.75, 3.05) is 9.62 Å². The Morgan fingerprint density at radius 2 is 1.17 bits per heavy atom. The number of aromatic nitrogens is 3. The van der Waals surface area contributed by atoms with Gasteiger partial charge < -0.3 is 0 Å². The fourth-order valence-corrected chi connectivity index (χ4v) is 11.4. The van der Waals surface area contributed by atoms with Crippen LogP contribution in [-0.4, -0.2) is 21.1 Å². The van der Waals surface area contributed by atoms with Gasteiger partial charge in [0.1, 0.15) is 0 Å². The molecule has 66 heavy (non-hydrogen) atoms.